The van der Waals surface area contributed by atoms with Crippen molar-refractivity contribution < 1.29 is 28.7 Å². The molecule has 0 bridgehead atoms. The molecule has 0 fully saturated rings. The smallest absolute Gasteiger partial charge is 0.408 e. The fraction of sp³-hybridized carbons (Fsp3) is 0.543. The molecule has 3 unspecified atom stereocenters. The summed E-state index contributed by atoms with van der Waals surface area (Å²) >= 11 is 0. The molecule has 44 heavy (non-hydrogen) atoms. The molecule has 0 saturated heterocycles. The van der Waals surface area contributed by atoms with Gasteiger partial charge in [-0.15, -0.1) is 0 Å². The number of aryl methyl sites for hydroxylation is 2. The van der Waals surface area contributed by atoms with Crippen LogP contribution in [-0.2, 0) is 30.3 Å². The van der Waals surface area contributed by atoms with E-state index in [4.69, 9.17) is 9.47 Å². The van der Waals surface area contributed by atoms with Crippen molar-refractivity contribution in [2.75, 3.05) is 7.05 Å². The minimum Gasteiger partial charge on any atom is -0.458 e. The van der Waals surface area contributed by atoms with Gasteiger partial charge in [-0.25, -0.2) is 9.59 Å². The number of nitrogens with one attached hydrogen (secondary N) is 2. The van der Waals surface area contributed by atoms with Crippen molar-refractivity contribution in [2.24, 2.45) is 5.92 Å². The first-order valence-corrected chi connectivity index (χ1v) is 15.2. The number of benzene rings is 2. The molecule has 2 aromatic rings. The number of nitrogens with zero attached hydrogens (tertiary/aromatic N) is 1. The van der Waals surface area contributed by atoms with E-state index in [0.29, 0.717) is 12.0 Å². The molecule has 0 heterocycles. The van der Waals surface area contributed by atoms with Crippen LogP contribution in [-0.4, -0.2) is 59.1 Å². The van der Waals surface area contributed by atoms with Crippen LogP contribution in [0.1, 0.15) is 90.1 Å². The molecule has 3 amide bonds. The van der Waals surface area contributed by atoms with Crippen LogP contribution in [0.5, 0.6) is 0 Å². The number of amides is 3. The van der Waals surface area contributed by atoms with E-state index in [9.17, 15) is 19.2 Å². The van der Waals surface area contributed by atoms with Gasteiger partial charge < -0.3 is 25.0 Å². The Labute approximate surface area is 263 Å². The van der Waals surface area contributed by atoms with E-state index >= 15 is 0 Å². The maximum absolute atomic E-state index is 14.2. The second-order valence-electron chi connectivity index (χ2n) is 13.8. The van der Waals surface area contributed by atoms with Gasteiger partial charge in [0, 0.05) is 13.5 Å². The van der Waals surface area contributed by atoms with Crippen molar-refractivity contribution in [1.82, 2.24) is 15.5 Å². The SMILES string of the molecule is Cc1ccc(C(C(=O)NC(Cc2ccccc2)C(=O)OC(C)(C)C)N(C)C(=O)C(CC(C)C)NC(=O)OC(C)(C)C)cc1C. The summed E-state index contributed by atoms with van der Waals surface area (Å²) < 4.78 is 11.1. The molecule has 0 aliphatic carbocycles. The van der Waals surface area contributed by atoms with Gasteiger partial charge in [-0.05, 0) is 90.0 Å². The first-order chi connectivity index (χ1) is 20.3. The van der Waals surface area contributed by atoms with E-state index in [2.05, 4.69) is 10.6 Å². The zero-order valence-corrected chi connectivity index (χ0v) is 28.2. The number of ether oxygens (including phenoxy) is 2. The third-order valence-corrected chi connectivity index (χ3v) is 6.82. The minimum atomic E-state index is -1.10. The van der Waals surface area contributed by atoms with E-state index in [1.807, 2.05) is 70.2 Å². The van der Waals surface area contributed by atoms with Crippen molar-refractivity contribution in [3.63, 3.8) is 0 Å². The molecule has 3 atom stereocenters. The first kappa shape index (κ1) is 36.3. The Morgan fingerprint density at radius 2 is 1.39 bits per heavy atom. The second kappa shape index (κ2) is 15.2. The lowest BCUT2D eigenvalue weighted by Gasteiger charge is -2.33. The molecule has 0 aromatic heterocycles. The predicted octanol–water partition coefficient (Wildman–Crippen LogP) is 5.81. The Hall–Kier alpha value is -3.88. The van der Waals surface area contributed by atoms with Gasteiger partial charge >= 0.3 is 12.1 Å². The van der Waals surface area contributed by atoms with Crippen molar-refractivity contribution >= 4 is 23.9 Å². The molecule has 0 radical (unpaired) electrons. The van der Waals surface area contributed by atoms with Gasteiger partial charge in [0.2, 0.25) is 11.8 Å². The average molecular weight is 610 g/mol. The molecule has 0 spiro atoms. The fourth-order valence-electron chi connectivity index (χ4n) is 4.67. The van der Waals surface area contributed by atoms with Gasteiger partial charge in [0.15, 0.2) is 0 Å². The molecule has 0 saturated carbocycles. The normalized spacial score (nSPS) is 13.8. The summed E-state index contributed by atoms with van der Waals surface area (Å²) in [6.45, 7) is 18.3. The molecule has 2 rings (SSSR count). The third kappa shape index (κ3) is 11.7. The number of esters is 1. The van der Waals surface area contributed by atoms with E-state index in [0.717, 1.165) is 16.7 Å². The number of likely N-dealkylation sites (N-methyl/N-ethyl adjacent to an activating group) is 1. The van der Waals surface area contributed by atoms with Crippen LogP contribution in [0.15, 0.2) is 48.5 Å². The third-order valence-electron chi connectivity index (χ3n) is 6.82. The van der Waals surface area contributed by atoms with Crippen LogP contribution in [0.4, 0.5) is 4.79 Å². The molecule has 9 heteroatoms. The minimum absolute atomic E-state index is 0.0589. The van der Waals surface area contributed by atoms with Crippen molar-refractivity contribution in [3.05, 3.63) is 70.8 Å². The highest BCUT2D eigenvalue weighted by Gasteiger charge is 2.37. The van der Waals surface area contributed by atoms with E-state index in [-0.39, 0.29) is 12.3 Å². The van der Waals surface area contributed by atoms with E-state index in [1.54, 1.807) is 47.6 Å². The summed E-state index contributed by atoms with van der Waals surface area (Å²) in [5, 5.41) is 5.60. The maximum atomic E-state index is 14.2. The zero-order valence-electron chi connectivity index (χ0n) is 28.2. The van der Waals surface area contributed by atoms with Crippen molar-refractivity contribution in [2.45, 2.75) is 111 Å². The summed E-state index contributed by atoms with van der Waals surface area (Å²) in [7, 11) is 1.53. The largest absolute Gasteiger partial charge is 0.458 e. The van der Waals surface area contributed by atoms with Crippen LogP contribution in [0, 0.1) is 19.8 Å². The van der Waals surface area contributed by atoms with Gasteiger partial charge in [0.05, 0.1) is 0 Å². The van der Waals surface area contributed by atoms with Crippen LogP contribution >= 0.6 is 0 Å². The number of carbonyl (C=O) groups excluding carboxylic acids is 4. The summed E-state index contributed by atoms with van der Waals surface area (Å²) in [6, 6.07) is 11.9. The van der Waals surface area contributed by atoms with Gasteiger partial charge in [-0.1, -0.05) is 62.4 Å². The van der Waals surface area contributed by atoms with Gasteiger partial charge in [-0.3, -0.25) is 9.59 Å². The second-order valence-corrected chi connectivity index (χ2v) is 13.8. The highest BCUT2D eigenvalue weighted by atomic mass is 16.6. The van der Waals surface area contributed by atoms with Crippen LogP contribution in [0.3, 0.4) is 0 Å². The van der Waals surface area contributed by atoms with Gasteiger partial charge in [-0.2, -0.15) is 0 Å². The topological polar surface area (TPSA) is 114 Å². The Kier molecular flexibility index (Phi) is 12.6. The van der Waals surface area contributed by atoms with E-state index < -0.39 is 53.2 Å². The Morgan fingerprint density at radius 3 is 1.91 bits per heavy atom. The number of rotatable bonds is 11. The van der Waals surface area contributed by atoms with Crippen LogP contribution < -0.4 is 10.6 Å². The molecular formula is C35H51N3O6. The molecule has 2 N–H and O–H groups in total. The summed E-state index contributed by atoms with van der Waals surface area (Å²) in [6.07, 6.45) is -0.183. The molecule has 242 valence electrons. The van der Waals surface area contributed by atoms with Crippen molar-refractivity contribution in [3.8, 4) is 0 Å². The standard InChI is InChI=1S/C35H51N3O6/c1-22(2)19-27(37-33(42)44-35(8,9)10)31(40)38(11)29(26-18-17-23(3)24(4)20-26)30(39)36-28(32(41)43-34(5,6)7)21-25-15-13-12-14-16-25/h12-18,20,22,27-29H,19,21H2,1-11H3,(H,36,39)(H,37,42). The Balaban J connectivity index is 2.51. The molecule has 2 aromatic carbocycles. The number of alkyl carbamates (subject to hydrolysis) is 1. The van der Waals surface area contributed by atoms with Crippen LogP contribution in [0.2, 0.25) is 0 Å². The lowest BCUT2D eigenvalue weighted by Crippen LogP contribution is -2.54. The Bertz CT molecular complexity index is 1290. The zero-order chi connectivity index (χ0) is 33.4. The van der Waals surface area contributed by atoms with E-state index in [1.165, 1.54) is 11.9 Å². The molecule has 0 aliphatic rings. The average Bonchev–Trinajstić information content (AvgIpc) is 2.87. The maximum Gasteiger partial charge on any atom is 0.408 e. The fourth-order valence-corrected chi connectivity index (χ4v) is 4.67. The lowest BCUT2D eigenvalue weighted by molar-refractivity contribution is -0.159. The highest BCUT2D eigenvalue weighted by Crippen LogP contribution is 2.25. The summed E-state index contributed by atoms with van der Waals surface area (Å²) in [5.74, 6) is -1.52. The molecule has 0 aliphatic heterocycles. The summed E-state index contributed by atoms with van der Waals surface area (Å²) in [4.78, 5) is 55.6. The lowest BCUT2D eigenvalue weighted by atomic mass is 9.97. The van der Waals surface area contributed by atoms with Crippen molar-refractivity contribution in [1.29, 1.82) is 0 Å². The Morgan fingerprint density at radius 1 is 0.795 bits per heavy atom. The van der Waals surface area contributed by atoms with Crippen LogP contribution in [0.25, 0.3) is 0 Å². The highest BCUT2D eigenvalue weighted by molar-refractivity contribution is 5.94. The van der Waals surface area contributed by atoms with Gasteiger partial charge in [0.1, 0.15) is 29.3 Å². The quantitative estimate of drug-likeness (QED) is 0.311. The predicted molar refractivity (Wildman–Crippen MR) is 172 cm³/mol. The monoisotopic (exact) mass is 609 g/mol. The van der Waals surface area contributed by atoms with Gasteiger partial charge in [0.25, 0.3) is 0 Å². The number of carbonyl (C=O) groups is 4. The number of hydrogen-bond acceptors (Lipinski definition) is 6. The molecular weight excluding hydrogens is 558 g/mol. The summed E-state index contributed by atoms with van der Waals surface area (Å²) in [5.41, 5.74) is 1.87. The molecule has 9 nitrogen and oxygen atoms in total. The number of hydrogen-bond donors (Lipinski definition) is 2. The first-order valence-electron chi connectivity index (χ1n) is 15.2.